The SMILES string of the molecule is CCCCCCSCCC1C2CCC(O2)C1CCSCCCCC(=O)O. The van der Waals surface area contributed by atoms with Crippen LogP contribution in [0.3, 0.4) is 0 Å². The third-order valence-corrected chi connectivity index (χ3v) is 8.06. The fourth-order valence-electron chi connectivity index (χ4n) is 4.42. The molecule has 0 amide bonds. The fraction of sp³-hybridized carbons (Fsp3) is 0.952. The summed E-state index contributed by atoms with van der Waals surface area (Å²) in [7, 11) is 0. The average Bonchev–Trinajstić information content (AvgIpc) is 3.22. The van der Waals surface area contributed by atoms with E-state index >= 15 is 0 Å². The largest absolute Gasteiger partial charge is 0.481 e. The molecule has 3 nitrogen and oxygen atoms in total. The first kappa shape index (κ1) is 22.4. The van der Waals surface area contributed by atoms with Crippen LogP contribution in [0, 0.1) is 11.8 Å². The molecule has 2 aliphatic heterocycles. The molecule has 2 aliphatic rings. The Bertz CT molecular complexity index is 391. The van der Waals surface area contributed by atoms with Gasteiger partial charge >= 0.3 is 5.97 Å². The summed E-state index contributed by atoms with van der Waals surface area (Å²) in [4.78, 5) is 10.5. The summed E-state index contributed by atoms with van der Waals surface area (Å²) in [6.07, 6.45) is 13.9. The minimum atomic E-state index is -0.666. The summed E-state index contributed by atoms with van der Waals surface area (Å²) >= 11 is 4.16. The molecule has 0 aromatic carbocycles. The molecule has 26 heavy (non-hydrogen) atoms. The van der Waals surface area contributed by atoms with Gasteiger partial charge in [0.1, 0.15) is 0 Å². The lowest BCUT2D eigenvalue weighted by molar-refractivity contribution is -0.137. The molecule has 0 radical (unpaired) electrons. The first-order chi connectivity index (χ1) is 12.7. The molecule has 4 atom stereocenters. The third kappa shape index (κ3) is 8.02. The van der Waals surface area contributed by atoms with E-state index in [1.165, 1.54) is 68.6 Å². The van der Waals surface area contributed by atoms with Gasteiger partial charge in [-0.15, -0.1) is 0 Å². The van der Waals surface area contributed by atoms with Crippen molar-refractivity contribution in [1.82, 2.24) is 0 Å². The maximum absolute atomic E-state index is 10.5. The van der Waals surface area contributed by atoms with Crippen molar-refractivity contribution in [3.8, 4) is 0 Å². The molecule has 2 heterocycles. The number of ether oxygens (including phenoxy) is 1. The Morgan fingerprint density at radius 3 is 2.00 bits per heavy atom. The van der Waals surface area contributed by atoms with Crippen LogP contribution in [0.2, 0.25) is 0 Å². The van der Waals surface area contributed by atoms with E-state index in [0.29, 0.717) is 18.6 Å². The first-order valence-electron chi connectivity index (χ1n) is 10.7. The Kier molecular flexibility index (Phi) is 11.5. The van der Waals surface area contributed by atoms with E-state index in [2.05, 4.69) is 18.7 Å². The van der Waals surface area contributed by atoms with Crippen LogP contribution in [0.1, 0.15) is 77.6 Å². The highest BCUT2D eigenvalue weighted by Crippen LogP contribution is 2.47. The second kappa shape index (κ2) is 13.3. The number of carboxylic acids is 1. The van der Waals surface area contributed by atoms with Crippen molar-refractivity contribution >= 4 is 29.5 Å². The third-order valence-electron chi connectivity index (χ3n) is 5.85. The first-order valence-corrected chi connectivity index (χ1v) is 13.1. The molecule has 2 fully saturated rings. The van der Waals surface area contributed by atoms with Crippen molar-refractivity contribution in [3.63, 3.8) is 0 Å². The molecule has 2 bridgehead atoms. The maximum Gasteiger partial charge on any atom is 0.303 e. The topological polar surface area (TPSA) is 46.5 Å². The molecular formula is C21H38O3S2. The number of carboxylic acid groups (broad SMARTS) is 1. The van der Waals surface area contributed by atoms with E-state index in [9.17, 15) is 4.79 Å². The normalized spacial score (nSPS) is 27.3. The smallest absolute Gasteiger partial charge is 0.303 e. The lowest BCUT2D eigenvalue weighted by atomic mass is 9.76. The molecule has 0 spiro atoms. The van der Waals surface area contributed by atoms with E-state index in [1.807, 2.05) is 11.8 Å². The summed E-state index contributed by atoms with van der Waals surface area (Å²) in [5.41, 5.74) is 0. The van der Waals surface area contributed by atoms with Gasteiger partial charge in [-0.2, -0.15) is 23.5 Å². The van der Waals surface area contributed by atoms with Gasteiger partial charge in [-0.3, -0.25) is 4.79 Å². The number of unbranched alkanes of at least 4 members (excludes halogenated alkanes) is 4. The predicted octanol–water partition coefficient (Wildman–Crippen LogP) is 5.86. The molecule has 152 valence electrons. The summed E-state index contributed by atoms with van der Waals surface area (Å²) in [6, 6.07) is 0. The van der Waals surface area contributed by atoms with Gasteiger partial charge in [-0.1, -0.05) is 26.2 Å². The Balaban J connectivity index is 1.55. The predicted molar refractivity (Wildman–Crippen MR) is 114 cm³/mol. The van der Waals surface area contributed by atoms with E-state index in [1.54, 1.807) is 0 Å². The van der Waals surface area contributed by atoms with Gasteiger partial charge in [0.2, 0.25) is 0 Å². The highest BCUT2D eigenvalue weighted by atomic mass is 32.2. The zero-order valence-electron chi connectivity index (χ0n) is 16.5. The van der Waals surface area contributed by atoms with Gasteiger partial charge in [0.05, 0.1) is 12.2 Å². The molecule has 5 heteroatoms. The second-order valence-corrected chi connectivity index (χ2v) is 10.3. The second-order valence-electron chi connectivity index (χ2n) is 7.83. The fourth-order valence-corrected chi connectivity index (χ4v) is 6.53. The number of hydrogen-bond acceptors (Lipinski definition) is 4. The number of carbonyl (C=O) groups is 1. The molecule has 1 N–H and O–H groups in total. The van der Waals surface area contributed by atoms with Crippen molar-refractivity contribution < 1.29 is 14.6 Å². The van der Waals surface area contributed by atoms with Crippen molar-refractivity contribution in [2.45, 2.75) is 89.8 Å². The van der Waals surface area contributed by atoms with Crippen LogP contribution in [-0.4, -0.2) is 46.3 Å². The van der Waals surface area contributed by atoms with E-state index in [0.717, 1.165) is 30.4 Å². The van der Waals surface area contributed by atoms with Crippen molar-refractivity contribution in [1.29, 1.82) is 0 Å². The molecule has 0 saturated carbocycles. The van der Waals surface area contributed by atoms with Crippen LogP contribution in [0.25, 0.3) is 0 Å². The molecule has 0 aromatic rings. The molecule has 2 rings (SSSR count). The Morgan fingerprint density at radius 2 is 1.46 bits per heavy atom. The standard InChI is InChI=1S/C21H38O3S2/c1-2-3-4-6-13-25-15-11-17-18(20-10-9-19(17)24-20)12-16-26-14-7-5-8-21(22)23/h17-20H,2-16H2,1H3,(H,22,23). The lowest BCUT2D eigenvalue weighted by Gasteiger charge is -2.28. The molecular weight excluding hydrogens is 364 g/mol. The Morgan fingerprint density at radius 1 is 0.885 bits per heavy atom. The van der Waals surface area contributed by atoms with Gasteiger partial charge in [0, 0.05) is 6.42 Å². The minimum absolute atomic E-state index is 0.318. The highest BCUT2D eigenvalue weighted by molar-refractivity contribution is 7.99. The summed E-state index contributed by atoms with van der Waals surface area (Å²) in [5, 5.41) is 8.67. The monoisotopic (exact) mass is 402 g/mol. The Labute approximate surface area is 168 Å². The number of rotatable bonds is 16. The number of thioether (sulfide) groups is 2. The minimum Gasteiger partial charge on any atom is -0.481 e. The van der Waals surface area contributed by atoms with Crippen LogP contribution in [-0.2, 0) is 9.53 Å². The summed E-state index contributed by atoms with van der Waals surface area (Å²) in [6.45, 7) is 2.27. The quantitative estimate of drug-likeness (QED) is 0.328. The zero-order chi connectivity index (χ0) is 18.6. The van der Waals surface area contributed by atoms with Crippen molar-refractivity contribution in [2.24, 2.45) is 11.8 Å². The van der Waals surface area contributed by atoms with Crippen molar-refractivity contribution in [3.05, 3.63) is 0 Å². The van der Waals surface area contributed by atoms with E-state index in [-0.39, 0.29) is 0 Å². The Hall–Kier alpha value is 0.130. The average molecular weight is 403 g/mol. The van der Waals surface area contributed by atoms with Gasteiger partial charge < -0.3 is 9.84 Å². The van der Waals surface area contributed by atoms with Crippen LogP contribution in [0.4, 0.5) is 0 Å². The number of aliphatic carboxylic acids is 1. The lowest BCUT2D eigenvalue weighted by Crippen LogP contribution is -2.28. The van der Waals surface area contributed by atoms with Crippen molar-refractivity contribution in [2.75, 3.05) is 23.0 Å². The van der Waals surface area contributed by atoms with Crippen LogP contribution >= 0.6 is 23.5 Å². The van der Waals surface area contributed by atoms with Crippen LogP contribution in [0.15, 0.2) is 0 Å². The number of fused-ring (bicyclic) bond motifs is 2. The van der Waals surface area contributed by atoms with E-state index in [4.69, 9.17) is 9.84 Å². The van der Waals surface area contributed by atoms with Gasteiger partial charge in [0.25, 0.3) is 0 Å². The number of hydrogen-bond donors (Lipinski definition) is 1. The molecule has 0 aromatic heterocycles. The highest BCUT2D eigenvalue weighted by Gasteiger charge is 2.47. The van der Waals surface area contributed by atoms with Gasteiger partial charge in [0.15, 0.2) is 0 Å². The van der Waals surface area contributed by atoms with Gasteiger partial charge in [-0.25, -0.2) is 0 Å². The van der Waals surface area contributed by atoms with Crippen LogP contribution in [0.5, 0.6) is 0 Å². The summed E-state index contributed by atoms with van der Waals surface area (Å²) < 4.78 is 6.25. The summed E-state index contributed by atoms with van der Waals surface area (Å²) in [5.74, 6) is 5.87. The molecule has 0 aliphatic carbocycles. The maximum atomic E-state index is 10.5. The zero-order valence-corrected chi connectivity index (χ0v) is 18.1. The van der Waals surface area contributed by atoms with Crippen LogP contribution < -0.4 is 0 Å². The molecule has 2 saturated heterocycles. The van der Waals surface area contributed by atoms with Gasteiger partial charge in [-0.05, 0) is 79.8 Å². The van der Waals surface area contributed by atoms with E-state index < -0.39 is 5.97 Å². The molecule has 4 unspecified atom stereocenters.